The van der Waals surface area contributed by atoms with E-state index >= 15 is 0 Å². The standard InChI is InChI=1S/C15H21Cl2NO3/c16-13-5-4-12(6-14(13)17)21-9-11(19)8-18-7-10-2-1-3-15(10)20/h4-6,10-11,15,18-20H,1-3,7-9H2. The van der Waals surface area contributed by atoms with E-state index in [0.29, 0.717) is 28.3 Å². The maximum Gasteiger partial charge on any atom is 0.121 e. The van der Waals surface area contributed by atoms with Gasteiger partial charge in [-0.05, 0) is 30.9 Å². The van der Waals surface area contributed by atoms with Gasteiger partial charge in [0.15, 0.2) is 0 Å². The molecule has 1 aliphatic rings. The topological polar surface area (TPSA) is 61.7 Å². The molecule has 21 heavy (non-hydrogen) atoms. The van der Waals surface area contributed by atoms with Gasteiger partial charge >= 0.3 is 0 Å². The Balaban J connectivity index is 1.65. The van der Waals surface area contributed by atoms with Crippen molar-refractivity contribution in [2.75, 3.05) is 19.7 Å². The van der Waals surface area contributed by atoms with Gasteiger partial charge in [-0.25, -0.2) is 0 Å². The van der Waals surface area contributed by atoms with E-state index in [0.717, 1.165) is 25.8 Å². The second kappa shape index (κ2) is 8.20. The van der Waals surface area contributed by atoms with Crippen molar-refractivity contribution in [1.82, 2.24) is 5.32 Å². The first-order chi connectivity index (χ1) is 10.1. The van der Waals surface area contributed by atoms with Crippen molar-refractivity contribution in [1.29, 1.82) is 0 Å². The molecule has 3 unspecified atom stereocenters. The van der Waals surface area contributed by atoms with Crippen molar-refractivity contribution in [2.45, 2.75) is 31.5 Å². The molecule has 118 valence electrons. The van der Waals surface area contributed by atoms with Crippen molar-refractivity contribution in [3.63, 3.8) is 0 Å². The van der Waals surface area contributed by atoms with Crippen molar-refractivity contribution in [3.05, 3.63) is 28.2 Å². The highest BCUT2D eigenvalue weighted by Crippen LogP contribution is 2.26. The number of halogens is 2. The van der Waals surface area contributed by atoms with Crippen LogP contribution in [0, 0.1) is 5.92 Å². The van der Waals surface area contributed by atoms with E-state index < -0.39 is 6.10 Å². The molecule has 3 N–H and O–H groups in total. The first-order valence-electron chi connectivity index (χ1n) is 7.21. The maximum absolute atomic E-state index is 9.87. The predicted molar refractivity (Wildman–Crippen MR) is 84.2 cm³/mol. The Kier molecular flexibility index (Phi) is 6.58. The molecule has 0 aliphatic heterocycles. The van der Waals surface area contributed by atoms with Gasteiger partial charge in [0, 0.05) is 19.2 Å². The molecule has 1 aliphatic carbocycles. The molecule has 0 aromatic heterocycles. The van der Waals surface area contributed by atoms with Gasteiger partial charge in [-0.15, -0.1) is 0 Å². The van der Waals surface area contributed by atoms with Crippen LogP contribution >= 0.6 is 23.2 Å². The first-order valence-corrected chi connectivity index (χ1v) is 7.96. The summed E-state index contributed by atoms with van der Waals surface area (Å²) in [5.41, 5.74) is 0. The molecule has 1 fully saturated rings. The highest BCUT2D eigenvalue weighted by molar-refractivity contribution is 6.42. The summed E-state index contributed by atoms with van der Waals surface area (Å²) >= 11 is 11.7. The Labute approximate surface area is 135 Å². The van der Waals surface area contributed by atoms with E-state index in [1.54, 1.807) is 18.2 Å². The number of aliphatic hydroxyl groups excluding tert-OH is 2. The Morgan fingerprint density at radius 1 is 1.29 bits per heavy atom. The van der Waals surface area contributed by atoms with Gasteiger partial charge in [0.05, 0.1) is 16.1 Å². The van der Waals surface area contributed by atoms with Crippen LogP contribution in [0.4, 0.5) is 0 Å². The van der Waals surface area contributed by atoms with Crippen LogP contribution in [0.5, 0.6) is 5.75 Å². The van der Waals surface area contributed by atoms with Gasteiger partial charge in [-0.1, -0.05) is 29.6 Å². The van der Waals surface area contributed by atoms with Crippen LogP contribution in [-0.4, -0.2) is 42.1 Å². The van der Waals surface area contributed by atoms with E-state index in [9.17, 15) is 10.2 Å². The van der Waals surface area contributed by atoms with Crippen LogP contribution in [0.2, 0.25) is 10.0 Å². The number of hydrogen-bond acceptors (Lipinski definition) is 4. The van der Waals surface area contributed by atoms with Crippen LogP contribution < -0.4 is 10.1 Å². The monoisotopic (exact) mass is 333 g/mol. The SMILES string of the molecule is OC(CNCC1CCCC1O)COc1ccc(Cl)c(Cl)c1. The highest BCUT2D eigenvalue weighted by atomic mass is 35.5. The lowest BCUT2D eigenvalue weighted by atomic mass is 10.1. The zero-order valence-corrected chi connectivity index (χ0v) is 13.3. The Morgan fingerprint density at radius 3 is 2.76 bits per heavy atom. The number of ether oxygens (including phenoxy) is 1. The zero-order chi connectivity index (χ0) is 15.2. The molecule has 0 bridgehead atoms. The van der Waals surface area contributed by atoms with E-state index in [2.05, 4.69) is 5.32 Å². The van der Waals surface area contributed by atoms with Crippen molar-refractivity contribution >= 4 is 23.2 Å². The predicted octanol–water partition coefficient (Wildman–Crippen LogP) is 2.48. The number of nitrogens with one attached hydrogen (secondary N) is 1. The minimum Gasteiger partial charge on any atom is -0.491 e. The molecule has 0 radical (unpaired) electrons. The molecule has 3 atom stereocenters. The fraction of sp³-hybridized carbons (Fsp3) is 0.600. The minimum atomic E-state index is -0.613. The second-order valence-corrected chi connectivity index (χ2v) is 6.27. The lowest BCUT2D eigenvalue weighted by Crippen LogP contribution is -2.35. The van der Waals surface area contributed by atoms with Gasteiger partial charge in [0.1, 0.15) is 18.5 Å². The fourth-order valence-electron chi connectivity index (χ4n) is 2.51. The molecule has 1 aromatic rings. The molecule has 6 heteroatoms. The molecule has 1 aromatic carbocycles. The molecule has 0 amide bonds. The average molecular weight is 334 g/mol. The second-order valence-electron chi connectivity index (χ2n) is 5.46. The lowest BCUT2D eigenvalue weighted by molar-refractivity contribution is 0.0981. The van der Waals surface area contributed by atoms with Crippen molar-refractivity contribution in [2.24, 2.45) is 5.92 Å². The van der Waals surface area contributed by atoms with E-state index in [-0.39, 0.29) is 12.7 Å². The molecule has 2 rings (SSSR count). The molecule has 0 heterocycles. The Bertz CT molecular complexity index is 459. The summed E-state index contributed by atoms with van der Waals surface area (Å²) in [5, 5.41) is 23.6. The quantitative estimate of drug-likeness (QED) is 0.717. The van der Waals surface area contributed by atoms with Gasteiger partial charge in [0.25, 0.3) is 0 Å². The number of hydrogen-bond donors (Lipinski definition) is 3. The van der Waals surface area contributed by atoms with Crippen LogP contribution in [0.1, 0.15) is 19.3 Å². The van der Waals surface area contributed by atoms with Gasteiger partial charge in [-0.3, -0.25) is 0 Å². The van der Waals surface area contributed by atoms with Gasteiger partial charge in [0.2, 0.25) is 0 Å². The van der Waals surface area contributed by atoms with Crippen molar-refractivity contribution in [3.8, 4) is 5.75 Å². The van der Waals surface area contributed by atoms with Crippen LogP contribution in [0.25, 0.3) is 0 Å². The summed E-state index contributed by atoms with van der Waals surface area (Å²) in [6.45, 7) is 1.34. The van der Waals surface area contributed by atoms with Crippen LogP contribution in [0.15, 0.2) is 18.2 Å². The summed E-state index contributed by atoms with van der Waals surface area (Å²) < 4.78 is 5.46. The molecule has 0 spiro atoms. The van der Waals surface area contributed by atoms with Gasteiger partial charge < -0.3 is 20.3 Å². The maximum atomic E-state index is 9.87. The largest absolute Gasteiger partial charge is 0.491 e. The average Bonchev–Trinajstić information content (AvgIpc) is 2.86. The third-order valence-electron chi connectivity index (χ3n) is 3.74. The van der Waals surface area contributed by atoms with E-state index in [1.807, 2.05) is 0 Å². The smallest absolute Gasteiger partial charge is 0.121 e. The molecule has 1 saturated carbocycles. The van der Waals surface area contributed by atoms with Crippen molar-refractivity contribution < 1.29 is 14.9 Å². The van der Waals surface area contributed by atoms with Crippen LogP contribution in [-0.2, 0) is 0 Å². The van der Waals surface area contributed by atoms with E-state index in [1.165, 1.54) is 0 Å². The molecular weight excluding hydrogens is 313 g/mol. The summed E-state index contributed by atoms with van der Waals surface area (Å²) in [6, 6.07) is 4.99. The highest BCUT2D eigenvalue weighted by Gasteiger charge is 2.24. The summed E-state index contributed by atoms with van der Waals surface area (Å²) in [6.07, 6.45) is 2.19. The van der Waals surface area contributed by atoms with E-state index in [4.69, 9.17) is 27.9 Å². The first kappa shape index (κ1) is 16.8. The zero-order valence-electron chi connectivity index (χ0n) is 11.8. The number of aliphatic hydroxyl groups is 2. The number of benzene rings is 1. The summed E-state index contributed by atoms with van der Waals surface area (Å²) in [7, 11) is 0. The third kappa shape index (κ3) is 5.31. The lowest BCUT2D eigenvalue weighted by Gasteiger charge is -2.17. The van der Waals surface area contributed by atoms with Crippen LogP contribution in [0.3, 0.4) is 0 Å². The normalized spacial score (nSPS) is 23.2. The molecule has 0 saturated heterocycles. The summed E-state index contributed by atoms with van der Waals surface area (Å²) in [5.74, 6) is 0.878. The molecule has 4 nitrogen and oxygen atoms in total. The Hall–Kier alpha value is -0.520. The molecular formula is C15H21Cl2NO3. The number of rotatable bonds is 7. The Morgan fingerprint density at radius 2 is 2.10 bits per heavy atom. The van der Waals surface area contributed by atoms with Gasteiger partial charge in [-0.2, -0.15) is 0 Å². The third-order valence-corrected chi connectivity index (χ3v) is 4.48. The summed E-state index contributed by atoms with van der Waals surface area (Å²) in [4.78, 5) is 0. The fourth-order valence-corrected chi connectivity index (χ4v) is 2.80. The minimum absolute atomic E-state index is 0.179.